The Bertz CT molecular complexity index is 407. The number of hydrogen-bond donors (Lipinski definition) is 1. The van der Waals surface area contributed by atoms with Crippen molar-refractivity contribution in [1.29, 1.82) is 5.26 Å². The number of nitrogens with zero attached hydrogens (tertiary/aromatic N) is 1. The first-order chi connectivity index (χ1) is 6.29. The first kappa shape index (κ1) is 9.25. The molecule has 1 aromatic carbocycles. The fourth-order valence-corrected chi connectivity index (χ4v) is 0.861. The van der Waals surface area contributed by atoms with E-state index in [-0.39, 0.29) is 17.7 Å². The summed E-state index contributed by atoms with van der Waals surface area (Å²) < 4.78 is 13.2. The van der Waals surface area contributed by atoms with Crippen LogP contribution in [-0.4, -0.2) is 6.54 Å². The van der Waals surface area contributed by atoms with Crippen LogP contribution in [0, 0.1) is 29.0 Å². The minimum atomic E-state index is -0.578. The molecule has 0 radical (unpaired) electrons. The molecule has 0 bridgehead atoms. The van der Waals surface area contributed by atoms with Crippen molar-refractivity contribution >= 4 is 0 Å². The van der Waals surface area contributed by atoms with Crippen LogP contribution in [0.25, 0.3) is 0 Å². The molecule has 0 unspecified atom stereocenters. The minimum Gasteiger partial charge on any atom is -0.320 e. The standard InChI is InChI=1S/C10H7FN2/c11-10-8(5-2-6-12)3-1-4-9(10)7-13/h1,3-4H,6,12H2. The summed E-state index contributed by atoms with van der Waals surface area (Å²) in [5.74, 6) is 4.49. The van der Waals surface area contributed by atoms with E-state index < -0.39 is 5.82 Å². The van der Waals surface area contributed by atoms with E-state index in [1.807, 2.05) is 0 Å². The molecule has 0 spiro atoms. The van der Waals surface area contributed by atoms with Crippen molar-refractivity contribution in [2.45, 2.75) is 0 Å². The second-order valence-electron chi connectivity index (χ2n) is 2.28. The molecule has 0 heterocycles. The van der Waals surface area contributed by atoms with Crippen molar-refractivity contribution in [3.05, 3.63) is 35.1 Å². The predicted molar refractivity (Wildman–Crippen MR) is 47.0 cm³/mol. The SMILES string of the molecule is N#Cc1cccc(C#CCN)c1F. The molecule has 0 amide bonds. The fourth-order valence-electron chi connectivity index (χ4n) is 0.861. The molecule has 0 aromatic heterocycles. The summed E-state index contributed by atoms with van der Waals surface area (Å²) in [7, 11) is 0. The van der Waals surface area contributed by atoms with Crippen LogP contribution in [0.1, 0.15) is 11.1 Å². The van der Waals surface area contributed by atoms with E-state index in [0.717, 1.165) is 0 Å². The summed E-state index contributed by atoms with van der Waals surface area (Å²) in [6.45, 7) is 0.177. The Morgan fingerprint density at radius 2 is 2.08 bits per heavy atom. The first-order valence-electron chi connectivity index (χ1n) is 3.67. The zero-order valence-corrected chi connectivity index (χ0v) is 6.84. The van der Waals surface area contributed by atoms with Gasteiger partial charge in [0, 0.05) is 0 Å². The molecule has 0 fully saturated rings. The van der Waals surface area contributed by atoms with Gasteiger partial charge in [-0.2, -0.15) is 5.26 Å². The highest BCUT2D eigenvalue weighted by Crippen LogP contribution is 2.10. The summed E-state index contributed by atoms with van der Waals surface area (Å²) in [6, 6.07) is 6.24. The molecule has 1 rings (SSSR count). The van der Waals surface area contributed by atoms with Crippen LogP contribution in [0.15, 0.2) is 18.2 Å². The molecule has 0 aliphatic heterocycles. The summed E-state index contributed by atoms with van der Waals surface area (Å²) >= 11 is 0. The summed E-state index contributed by atoms with van der Waals surface area (Å²) in [5.41, 5.74) is 5.35. The average molecular weight is 174 g/mol. The minimum absolute atomic E-state index is 0.00354. The highest BCUT2D eigenvalue weighted by Gasteiger charge is 2.03. The van der Waals surface area contributed by atoms with E-state index in [1.54, 1.807) is 12.1 Å². The maximum Gasteiger partial charge on any atom is 0.156 e. The first-order valence-corrected chi connectivity index (χ1v) is 3.67. The van der Waals surface area contributed by atoms with Gasteiger partial charge >= 0.3 is 0 Å². The van der Waals surface area contributed by atoms with Crippen molar-refractivity contribution < 1.29 is 4.39 Å². The summed E-state index contributed by atoms with van der Waals surface area (Å²) in [6.07, 6.45) is 0. The van der Waals surface area contributed by atoms with Crippen LogP contribution in [0.3, 0.4) is 0 Å². The molecule has 2 nitrogen and oxygen atoms in total. The van der Waals surface area contributed by atoms with Gasteiger partial charge in [-0.05, 0) is 12.1 Å². The molecule has 0 saturated heterocycles. The van der Waals surface area contributed by atoms with Crippen LogP contribution < -0.4 is 5.73 Å². The average Bonchev–Trinajstić information content (AvgIpc) is 2.16. The van der Waals surface area contributed by atoms with Crippen molar-refractivity contribution in [2.24, 2.45) is 5.73 Å². The zero-order chi connectivity index (χ0) is 9.68. The summed E-state index contributed by atoms with van der Waals surface area (Å²) in [5, 5.41) is 8.51. The number of nitriles is 1. The highest BCUT2D eigenvalue weighted by molar-refractivity contribution is 5.43. The van der Waals surface area contributed by atoms with Crippen LogP contribution in [-0.2, 0) is 0 Å². The number of hydrogen-bond acceptors (Lipinski definition) is 2. The normalized spacial score (nSPS) is 8.38. The number of rotatable bonds is 0. The molecule has 1 aromatic rings. The molecule has 0 saturated carbocycles. The van der Waals surface area contributed by atoms with Crippen molar-refractivity contribution in [2.75, 3.05) is 6.54 Å². The number of halogens is 1. The Hall–Kier alpha value is -1.84. The fraction of sp³-hybridized carbons (Fsp3) is 0.100. The predicted octanol–water partition coefficient (Wildman–Crippen LogP) is 1.01. The van der Waals surface area contributed by atoms with Gasteiger partial charge in [-0.15, -0.1) is 0 Å². The lowest BCUT2D eigenvalue weighted by atomic mass is 10.1. The van der Waals surface area contributed by atoms with E-state index >= 15 is 0 Å². The van der Waals surface area contributed by atoms with E-state index in [1.165, 1.54) is 12.1 Å². The zero-order valence-electron chi connectivity index (χ0n) is 6.84. The largest absolute Gasteiger partial charge is 0.320 e. The van der Waals surface area contributed by atoms with E-state index in [2.05, 4.69) is 11.8 Å². The van der Waals surface area contributed by atoms with E-state index in [0.29, 0.717) is 0 Å². The second kappa shape index (κ2) is 4.25. The van der Waals surface area contributed by atoms with Crippen molar-refractivity contribution in [1.82, 2.24) is 0 Å². The van der Waals surface area contributed by atoms with Crippen molar-refractivity contribution in [3.8, 4) is 17.9 Å². The molecule has 64 valence electrons. The second-order valence-corrected chi connectivity index (χ2v) is 2.28. The van der Waals surface area contributed by atoms with Crippen LogP contribution >= 0.6 is 0 Å². The van der Waals surface area contributed by atoms with Crippen LogP contribution in [0.5, 0.6) is 0 Å². The quantitative estimate of drug-likeness (QED) is 0.596. The molecule has 3 heteroatoms. The molecule has 13 heavy (non-hydrogen) atoms. The lowest BCUT2D eigenvalue weighted by molar-refractivity contribution is 0.620. The van der Waals surface area contributed by atoms with Gasteiger partial charge < -0.3 is 5.73 Å². The Morgan fingerprint density at radius 3 is 2.69 bits per heavy atom. The Labute approximate surface area is 75.8 Å². The molecule has 0 aliphatic carbocycles. The smallest absolute Gasteiger partial charge is 0.156 e. The van der Waals surface area contributed by atoms with Gasteiger partial charge in [-0.25, -0.2) is 4.39 Å². The lowest BCUT2D eigenvalue weighted by Crippen LogP contribution is -1.94. The monoisotopic (exact) mass is 174 g/mol. The topological polar surface area (TPSA) is 49.8 Å². The third-order valence-corrected chi connectivity index (χ3v) is 1.44. The van der Waals surface area contributed by atoms with Gasteiger partial charge in [0.1, 0.15) is 6.07 Å². The van der Waals surface area contributed by atoms with E-state index in [4.69, 9.17) is 11.0 Å². The third kappa shape index (κ3) is 2.05. The van der Waals surface area contributed by atoms with Gasteiger partial charge in [0.05, 0.1) is 17.7 Å². The van der Waals surface area contributed by atoms with Gasteiger partial charge in [-0.1, -0.05) is 17.9 Å². The Balaban J connectivity index is 3.18. The van der Waals surface area contributed by atoms with Gasteiger partial charge in [0.25, 0.3) is 0 Å². The van der Waals surface area contributed by atoms with E-state index in [9.17, 15) is 4.39 Å². The Kier molecular flexibility index (Phi) is 3.03. The van der Waals surface area contributed by atoms with Gasteiger partial charge in [0.15, 0.2) is 5.82 Å². The lowest BCUT2D eigenvalue weighted by Gasteiger charge is -1.94. The summed E-state index contributed by atoms with van der Waals surface area (Å²) in [4.78, 5) is 0. The molecule has 0 aliphatic rings. The molecule has 0 atom stereocenters. The maximum atomic E-state index is 13.2. The maximum absolute atomic E-state index is 13.2. The number of benzene rings is 1. The van der Waals surface area contributed by atoms with Crippen LogP contribution in [0.2, 0.25) is 0 Å². The Morgan fingerprint density at radius 1 is 1.38 bits per heavy atom. The highest BCUT2D eigenvalue weighted by atomic mass is 19.1. The van der Waals surface area contributed by atoms with Gasteiger partial charge in [0.2, 0.25) is 0 Å². The third-order valence-electron chi connectivity index (χ3n) is 1.44. The number of nitrogens with two attached hydrogens (primary N) is 1. The van der Waals surface area contributed by atoms with Gasteiger partial charge in [-0.3, -0.25) is 0 Å². The molecular formula is C10H7FN2. The molecule has 2 N–H and O–H groups in total. The van der Waals surface area contributed by atoms with Crippen molar-refractivity contribution in [3.63, 3.8) is 0 Å². The van der Waals surface area contributed by atoms with Crippen LogP contribution in [0.4, 0.5) is 4.39 Å². The molecular weight excluding hydrogens is 167 g/mol.